The first-order valence-electron chi connectivity index (χ1n) is 7.20. The maximum absolute atomic E-state index is 11.8. The van der Waals surface area contributed by atoms with Gasteiger partial charge in [-0.3, -0.25) is 4.79 Å². The van der Waals surface area contributed by atoms with Crippen LogP contribution in [0.3, 0.4) is 0 Å². The molecule has 1 amide bonds. The van der Waals surface area contributed by atoms with Crippen molar-refractivity contribution >= 4 is 17.7 Å². The molecule has 2 aromatic carbocycles. The van der Waals surface area contributed by atoms with E-state index < -0.39 is 0 Å². The SMILES string of the molecule is COc1ccc(CSCC(=O)NCc2ccc(C)cc2)cc1. The van der Waals surface area contributed by atoms with Crippen LogP contribution in [0.1, 0.15) is 16.7 Å². The molecule has 0 saturated heterocycles. The topological polar surface area (TPSA) is 38.3 Å². The Balaban J connectivity index is 1.67. The lowest BCUT2D eigenvalue weighted by Crippen LogP contribution is -2.24. The molecule has 22 heavy (non-hydrogen) atoms. The molecule has 0 aliphatic heterocycles. The van der Waals surface area contributed by atoms with Gasteiger partial charge < -0.3 is 10.1 Å². The summed E-state index contributed by atoms with van der Waals surface area (Å²) in [7, 11) is 1.65. The van der Waals surface area contributed by atoms with Crippen molar-refractivity contribution in [3.05, 3.63) is 65.2 Å². The van der Waals surface area contributed by atoms with Crippen molar-refractivity contribution in [1.82, 2.24) is 5.32 Å². The standard InChI is InChI=1S/C18H21NO2S/c1-14-3-5-15(6-4-14)11-19-18(20)13-22-12-16-7-9-17(21-2)10-8-16/h3-10H,11-13H2,1-2H3,(H,19,20). The van der Waals surface area contributed by atoms with Crippen LogP contribution in [-0.2, 0) is 17.1 Å². The van der Waals surface area contributed by atoms with Gasteiger partial charge in [0, 0.05) is 12.3 Å². The van der Waals surface area contributed by atoms with E-state index in [4.69, 9.17) is 4.74 Å². The Bertz CT molecular complexity index is 593. The Morgan fingerprint density at radius 2 is 1.68 bits per heavy atom. The minimum absolute atomic E-state index is 0.0686. The number of thioether (sulfide) groups is 1. The number of hydrogen-bond acceptors (Lipinski definition) is 3. The molecule has 0 saturated carbocycles. The van der Waals surface area contributed by atoms with Gasteiger partial charge in [-0.1, -0.05) is 42.0 Å². The lowest BCUT2D eigenvalue weighted by atomic mass is 10.1. The van der Waals surface area contributed by atoms with Crippen molar-refractivity contribution < 1.29 is 9.53 Å². The molecule has 0 unspecified atom stereocenters. The van der Waals surface area contributed by atoms with Crippen LogP contribution in [0, 0.1) is 6.92 Å². The number of carbonyl (C=O) groups is 1. The van der Waals surface area contributed by atoms with E-state index in [1.807, 2.05) is 36.4 Å². The zero-order valence-corrected chi connectivity index (χ0v) is 13.8. The normalized spacial score (nSPS) is 10.3. The molecular formula is C18H21NO2S. The molecule has 0 fully saturated rings. The first kappa shape index (κ1) is 16.4. The molecule has 4 heteroatoms. The predicted octanol–water partition coefficient (Wildman–Crippen LogP) is 3.55. The van der Waals surface area contributed by atoms with Crippen LogP contribution in [0.25, 0.3) is 0 Å². The molecule has 0 aromatic heterocycles. The first-order valence-corrected chi connectivity index (χ1v) is 8.36. The molecule has 0 bridgehead atoms. The van der Waals surface area contributed by atoms with Gasteiger partial charge in [-0.2, -0.15) is 0 Å². The van der Waals surface area contributed by atoms with Crippen molar-refractivity contribution in [2.45, 2.75) is 19.2 Å². The smallest absolute Gasteiger partial charge is 0.230 e. The third-order valence-corrected chi connectivity index (χ3v) is 4.27. The van der Waals surface area contributed by atoms with Crippen molar-refractivity contribution in [2.75, 3.05) is 12.9 Å². The Kier molecular flexibility index (Phi) is 6.34. The molecule has 0 spiro atoms. The lowest BCUT2D eigenvalue weighted by molar-refractivity contribution is -0.118. The van der Waals surface area contributed by atoms with E-state index in [1.165, 1.54) is 11.1 Å². The monoisotopic (exact) mass is 315 g/mol. The zero-order chi connectivity index (χ0) is 15.8. The Hall–Kier alpha value is -1.94. The van der Waals surface area contributed by atoms with Crippen LogP contribution in [0.5, 0.6) is 5.75 Å². The van der Waals surface area contributed by atoms with Gasteiger partial charge in [-0.15, -0.1) is 11.8 Å². The average Bonchev–Trinajstić information content (AvgIpc) is 2.55. The summed E-state index contributed by atoms with van der Waals surface area (Å²) in [6.07, 6.45) is 0. The summed E-state index contributed by atoms with van der Waals surface area (Å²) in [6.45, 7) is 2.64. The molecule has 0 radical (unpaired) electrons. The predicted molar refractivity (Wildman–Crippen MR) is 92.2 cm³/mol. The quantitative estimate of drug-likeness (QED) is 0.849. The number of hydrogen-bond donors (Lipinski definition) is 1. The zero-order valence-electron chi connectivity index (χ0n) is 13.0. The van der Waals surface area contributed by atoms with E-state index >= 15 is 0 Å². The summed E-state index contributed by atoms with van der Waals surface area (Å²) in [5.41, 5.74) is 3.54. The number of amides is 1. The van der Waals surface area contributed by atoms with Crippen molar-refractivity contribution in [1.29, 1.82) is 0 Å². The van der Waals surface area contributed by atoms with E-state index in [0.717, 1.165) is 17.1 Å². The molecule has 116 valence electrons. The number of methoxy groups -OCH3 is 1. The van der Waals surface area contributed by atoms with E-state index in [2.05, 4.69) is 24.4 Å². The van der Waals surface area contributed by atoms with E-state index in [1.54, 1.807) is 18.9 Å². The summed E-state index contributed by atoms with van der Waals surface area (Å²) in [5.74, 6) is 2.21. The van der Waals surface area contributed by atoms with Gasteiger partial charge in [0.2, 0.25) is 5.91 Å². The van der Waals surface area contributed by atoms with Gasteiger partial charge in [0.05, 0.1) is 12.9 Å². The fraction of sp³-hybridized carbons (Fsp3) is 0.278. The number of aryl methyl sites for hydroxylation is 1. The van der Waals surface area contributed by atoms with Crippen molar-refractivity contribution in [2.24, 2.45) is 0 Å². The highest BCUT2D eigenvalue weighted by Gasteiger charge is 2.02. The Morgan fingerprint density at radius 1 is 1.05 bits per heavy atom. The van der Waals surface area contributed by atoms with Crippen molar-refractivity contribution in [3.8, 4) is 5.75 Å². The number of nitrogens with one attached hydrogen (secondary N) is 1. The summed E-state index contributed by atoms with van der Waals surface area (Å²) in [6, 6.07) is 16.1. The fourth-order valence-electron chi connectivity index (χ4n) is 1.94. The maximum atomic E-state index is 11.8. The number of benzene rings is 2. The van der Waals surface area contributed by atoms with Crippen LogP contribution in [0.15, 0.2) is 48.5 Å². The van der Waals surface area contributed by atoms with Gasteiger partial charge in [0.15, 0.2) is 0 Å². The van der Waals surface area contributed by atoms with Gasteiger partial charge >= 0.3 is 0 Å². The maximum Gasteiger partial charge on any atom is 0.230 e. The van der Waals surface area contributed by atoms with Gasteiger partial charge in [0.25, 0.3) is 0 Å². The minimum Gasteiger partial charge on any atom is -0.497 e. The van der Waals surface area contributed by atoms with Crippen LogP contribution >= 0.6 is 11.8 Å². The van der Waals surface area contributed by atoms with E-state index in [-0.39, 0.29) is 5.91 Å². The minimum atomic E-state index is 0.0686. The third-order valence-electron chi connectivity index (χ3n) is 3.27. The van der Waals surface area contributed by atoms with Crippen LogP contribution in [0.4, 0.5) is 0 Å². The fourth-order valence-corrected chi connectivity index (χ4v) is 2.76. The van der Waals surface area contributed by atoms with Crippen molar-refractivity contribution in [3.63, 3.8) is 0 Å². The number of ether oxygens (including phenoxy) is 1. The van der Waals surface area contributed by atoms with Crippen LogP contribution in [-0.4, -0.2) is 18.8 Å². The third kappa shape index (κ3) is 5.45. The lowest BCUT2D eigenvalue weighted by Gasteiger charge is -2.06. The number of carbonyl (C=O) groups excluding carboxylic acids is 1. The molecule has 0 atom stereocenters. The Morgan fingerprint density at radius 3 is 2.32 bits per heavy atom. The molecule has 0 aliphatic carbocycles. The molecule has 1 N–H and O–H groups in total. The second-order valence-electron chi connectivity index (χ2n) is 5.10. The van der Waals surface area contributed by atoms with Crippen LogP contribution < -0.4 is 10.1 Å². The molecule has 0 heterocycles. The molecular weight excluding hydrogens is 294 g/mol. The summed E-state index contributed by atoms with van der Waals surface area (Å²) >= 11 is 1.61. The van der Waals surface area contributed by atoms with E-state index in [9.17, 15) is 4.79 Å². The molecule has 2 rings (SSSR count). The second kappa shape index (κ2) is 8.49. The molecule has 2 aromatic rings. The largest absolute Gasteiger partial charge is 0.497 e. The van der Waals surface area contributed by atoms with Gasteiger partial charge in [-0.05, 0) is 30.2 Å². The second-order valence-corrected chi connectivity index (χ2v) is 6.09. The highest BCUT2D eigenvalue weighted by molar-refractivity contribution is 7.99. The van der Waals surface area contributed by atoms with E-state index in [0.29, 0.717) is 12.3 Å². The van der Waals surface area contributed by atoms with Crippen LogP contribution in [0.2, 0.25) is 0 Å². The number of rotatable bonds is 7. The first-order chi connectivity index (χ1) is 10.7. The summed E-state index contributed by atoms with van der Waals surface area (Å²) < 4.78 is 5.12. The van der Waals surface area contributed by atoms with Gasteiger partial charge in [-0.25, -0.2) is 0 Å². The highest BCUT2D eigenvalue weighted by atomic mass is 32.2. The Labute approximate surface area is 136 Å². The summed E-state index contributed by atoms with van der Waals surface area (Å²) in [4.78, 5) is 11.8. The summed E-state index contributed by atoms with van der Waals surface area (Å²) in [5, 5.41) is 2.94. The highest BCUT2D eigenvalue weighted by Crippen LogP contribution is 2.16. The van der Waals surface area contributed by atoms with Gasteiger partial charge in [0.1, 0.15) is 5.75 Å². The molecule has 0 aliphatic rings. The average molecular weight is 315 g/mol. The molecule has 3 nitrogen and oxygen atoms in total.